The van der Waals surface area contributed by atoms with Crippen LogP contribution in [-0.2, 0) is 4.79 Å². The van der Waals surface area contributed by atoms with Crippen molar-refractivity contribution < 1.29 is 14.0 Å². The maximum atomic E-state index is 13.5. The summed E-state index contributed by atoms with van der Waals surface area (Å²) in [5.41, 5.74) is 1.22. The molecule has 3 aromatic rings. The Morgan fingerprint density at radius 2 is 2.00 bits per heavy atom. The smallest absolute Gasteiger partial charge is 0.225 e. The van der Waals surface area contributed by atoms with Crippen molar-refractivity contribution in [1.29, 1.82) is 0 Å². The van der Waals surface area contributed by atoms with Crippen molar-refractivity contribution in [3.63, 3.8) is 0 Å². The number of ketones is 1. The standard InChI is InChI=1S/C22H26FN5O2S/c1-13(14-10-15(23)12-24-11-14)26-21-27-16-7-9-31-19(16)18(28-21)17(29)6-5-8-25-20(30)22(2,3)4/h7,9-13H,5-6,8H2,1-4H3,(H,25,30)(H,26,27,28)/t13-/m0/s1. The van der Waals surface area contributed by atoms with Crippen molar-refractivity contribution in [3.8, 4) is 0 Å². The van der Waals surface area contributed by atoms with Gasteiger partial charge in [0.2, 0.25) is 11.9 Å². The van der Waals surface area contributed by atoms with Crippen molar-refractivity contribution in [3.05, 3.63) is 47.0 Å². The molecule has 0 saturated carbocycles. The molecule has 1 amide bonds. The Bertz CT molecular complexity index is 1090. The van der Waals surface area contributed by atoms with E-state index in [1.54, 1.807) is 6.20 Å². The Balaban J connectivity index is 1.71. The third-order valence-corrected chi connectivity index (χ3v) is 5.60. The first-order valence-electron chi connectivity index (χ1n) is 10.1. The van der Waals surface area contributed by atoms with E-state index >= 15 is 0 Å². The number of anilines is 1. The minimum Gasteiger partial charge on any atom is -0.356 e. The van der Waals surface area contributed by atoms with Crippen LogP contribution >= 0.6 is 11.3 Å². The first kappa shape index (κ1) is 22.7. The van der Waals surface area contributed by atoms with E-state index in [2.05, 4.69) is 25.6 Å². The van der Waals surface area contributed by atoms with Crippen molar-refractivity contribution in [2.75, 3.05) is 11.9 Å². The minimum absolute atomic E-state index is 0.0463. The van der Waals surface area contributed by atoms with Gasteiger partial charge in [0.25, 0.3) is 0 Å². The second-order valence-corrected chi connectivity index (χ2v) is 9.28. The summed E-state index contributed by atoms with van der Waals surface area (Å²) in [6.45, 7) is 7.80. The zero-order valence-electron chi connectivity index (χ0n) is 18.0. The summed E-state index contributed by atoms with van der Waals surface area (Å²) in [6, 6.07) is 2.93. The number of aromatic nitrogens is 3. The molecule has 0 aromatic carbocycles. The van der Waals surface area contributed by atoms with Gasteiger partial charge in [-0.1, -0.05) is 20.8 Å². The molecule has 2 N–H and O–H groups in total. The van der Waals surface area contributed by atoms with Crippen LogP contribution in [0, 0.1) is 11.2 Å². The molecule has 31 heavy (non-hydrogen) atoms. The van der Waals surface area contributed by atoms with Gasteiger partial charge in [-0.3, -0.25) is 14.6 Å². The molecular weight excluding hydrogens is 417 g/mol. The van der Waals surface area contributed by atoms with Crippen LogP contribution in [0.4, 0.5) is 10.3 Å². The van der Waals surface area contributed by atoms with E-state index in [0.29, 0.717) is 35.7 Å². The fraction of sp³-hybridized carbons (Fsp3) is 0.409. The second-order valence-electron chi connectivity index (χ2n) is 8.37. The molecule has 0 radical (unpaired) electrons. The van der Waals surface area contributed by atoms with Crippen LogP contribution in [0.5, 0.6) is 0 Å². The Morgan fingerprint density at radius 1 is 1.23 bits per heavy atom. The highest BCUT2D eigenvalue weighted by atomic mass is 32.1. The summed E-state index contributed by atoms with van der Waals surface area (Å²) in [6.07, 6.45) is 3.50. The molecule has 0 unspecified atom stereocenters. The van der Waals surface area contributed by atoms with Crippen LogP contribution in [0.3, 0.4) is 0 Å². The number of fused-ring (bicyclic) bond motifs is 1. The quantitative estimate of drug-likeness (QED) is 0.392. The first-order chi connectivity index (χ1) is 14.6. The highest BCUT2D eigenvalue weighted by Gasteiger charge is 2.21. The number of thiophene rings is 1. The van der Waals surface area contributed by atoms with Crippen LogP contribution in [0.15, 0.2) is 29.9 Å². The number of halogens is 1. The molecule has 1 atom stereocenters. The second kappa shape index (κ2) is 9.47. The third-order valence-electron chi connectivity index (χ3n) is 4.69. The topological polar surface area (TPSA) is 96.9 Å². The van der Waals surface area contributed by atoms with Crippen molar-refractivity contribution in [1.82, 2.24) is 20.3 Å². The van der Waals surface area contributed by atoms with Crippen molar-refractivity contribution >= 4 is 39.2 Å². The van der Waals surface area contributed by atoms with Gasteiger partial charge in [0.15, 0.2) is 5.78 Å². The SMILES string of the molecule is C[C@H](Nc1nc(C(=O)CCCNC(=O)C(C)(C)C)c2sccc2n1)c1cncc(F)c1. The number of nitrogens with one attached hydrogen (secondary N) is 2. The molecule has 3 rings (SSSR count). The largest absolute Gasteiger partial charge is 0.356 e. The zero-order chi connectivity index (χ0) is 22.6. The number of hydrogen-bond donors (Lipinski definition) is 2. The van der Waals surface area contributed by atoms with Crippen LogP contribution < -0.4 is 10.6 Å². The molecule has 0 aliphatic heterocycles. The van der Waals surface area contributed by atoms with E-state index in [0.717, 1.165) is 10.9 Å². The van der Waals surface area contributed by atoms with Gasteiger partial charge in [0.1, 0.15) is 11.5 Å². The zero-order valence-corrected chi connectivity index (χ0v) is 18.8. The lowest BCUT2D eigenvalue weighted by Gasteiger charge is -2.17. The Morgan fingerprint density at radius 3 is 2.71 bits per heavy atom. The molecule has 0 spiro atoms. The monoisotopic (exact) mass is 443 g/mol. The van der Waals surface area contributed by atoms with Gasteiger partial charge in [-0.15, -0.1) is 11.3 Å². The highest BCUT2D eigenvalue weighted by molar-refractivity contribution is 7.17. The van der Waals surface area contributed by atoms with Gasteiger partial charge in [0, 0.05) is 24.6 Å². The third kappa shape index (κ3) is 5.81. The lowest BCUT2D eigenvalue weighted by atomic mass is 9.96. The highest BCUT2D eigenvalue weighted by Crippen LogP contribution is 2.26. The number of amides is 1. The van der Waals surface area contributed by atoms with E-state index in [4.69, 9.17) is 0 Å². The molecule has 3 aromatic heterocycles. The average molecular weight is 444 g/mol. The molecule has 0 bridgehead atoms. The van der Waals surface area contributed by atoms with Gasteiger partial charge in [-0.2, -0.15) is 0 Å². The lowest BCUT2D eigenvalue weighted by Crippen LogP contribution is -2.35. The Labute approximate surface area is 184 Å². The van der Waals surface area contributed by atoms with Gasteiger partial charge in [-0.25, -0.2) is 14.4 Å². The fourth-order valence-corrected chi connectivity index (χ4v) is 3.73. The number of hydrogen-bond acceptors (Lipinski definition) is 7. The summed E-state index contributed by atoms with van der Waals surface area (Å²) >= 11 is 1.41. The maximum absolute atomic E-state index is 13.5. The maximum Gasteiger partial charge on any atom is 0.225 e. The fourth-order valence-electron chi connectivity index (χ4n) is 2.89. The summed E-state index contributed by atoms with van der Waals surface area (Å²) in [5.74, 6) is -0.278. The number of carbonyl (C=O) groups excluding carboxylic acids is 2. The van der Waals surface area contributed by atoms with Gasteiger partial charge >= 0.3 is 0 Å². The van der Waals surface area contributed by atoms with E-state index in [1.165, 1.54) is 17.4 Å². The molecule has 164 valence electrons. The lowest BCUT2D eigenvalue weighted by molar-refractivity contribution is -0.128. The molecule has 0 aliphatic carbocycles. The van der Waals surface area contributed by atoms with Crippen LogP contribution in [-0.4, -0.2) is 33.2 Å². The van der Waals surface area contributed by atoms with Gasteiger partial charge < -0.3 is 10.6 Å². The molecule has 0 saturated heterocycles. The van der Waals surface area contributed by atoms with Gasteiger partial charge in [-0.05, 0) is 36.4 Å². The van der Waals surface area contributed by atoms with Gasteiger partial charge in [0.05, 0.1) is 22.5 Å². The number of nitrogens with zero attached hydrogens (tertiary/aromatic N) is 3. The summed E-state index contributed by atoms with van der Waals surface area (Å²) in [4.78, 5) is 37.6. The van der Waals surface area contributed by atoms with Crippen LogP contribution in [0.25, 0.3) is 10.2 Å². The molecule has 7 nitrogen and oxygen atoms in total. The van der Waals surface area contributed by atoms with E-state index in [1.807, 2.05) is 39.1 Å². The normalized spacial score (nSPS) is 12.5. The van der Waals surface area contributed by atoms with Crippen molar-refractivity contribution in [2.24, 2.45) is 5.41 Å². The summed E-state index contributed by atoms with van der Waals surface area (Å²) < 4.78 is 14.2. The number of rotatable bonds is 8. The van der Waals surface area contributed by atoms with E-state index in [9.17, 15) is 14.0 Å². The molecule has 3 heterocycles. The molecule has 0 fully saturated rings. The minimum atomic E-state index is -0.464. The first-order valence-corrected chi connectivity index (χ1v) is 11.0. The predicted molar refractivity (Wildman–Crippen MR) is 120 cm³/mol. The Hall–Kier alpha value is -2.94. The molecule has 0 aliphatic rings. The summed E-state index contributed by atoms with van der Waals surface area (Å²) in [7, 11) is 0. The van der Waals surface area contributed by atoms with Crippen LogP contribution in [0.1, 0.15) is 62.6 Å². The molecule has 9 heteroatoms. The summed E-state index contributed by atoms with van der Waals surface area (Å²) in [5, 5.41) is 7.84. The van der Waals surface area contributed by atoms with Crippen molar-refractivity contribution in [2.45, 2.75) is 46.6 Å². The van der Waals surface area contributed by atoms with E-state index in [-0.39, 0.29) is 24.2 Å². The predicted octanol–water partition coefficient (Wildman–Crippen LogP) is 4.52. The number of Topliss-reactive ketones (excluding diaryl/α,β-unsaturated/α-hetero) is 1. The van der Waals surface area contributed by atoms with Crippen LogP contribution in [0.2, 0.25) is 0 Å². The number of carbonyl (C=O) groups is 2. The van der Waals surface area contributed by atoms with E-state index < -0.39 is 11.2 Å². The Kier molecular flexibility index (Phi) is 6.94. The molecular formula is C22H26FN5O2S. The number of pyridine rings is 1. The average Bonchev–Trinajstić information content (AvgIpc) is 3.18.